The summed E-state index contributed by atoms with van der Waals surface area (Å²) in [6.07, 6.45) is -11.7. The van der Waals surface area contributed by atoms with Crippen molar-refractivity contribution in [3.8, 4) is 0 Å². The summed E-state index contributed by atoms with van der Waals surface area (Å²) in [4.78, 5) is 5.95. The first-order chi connectivity index (χ1) is 5.56. The highest BCUT2D eigenvalue weighted by atomic mass is 35.5. The van der Waals surface area contributed by atoms with Crippen LogP contribution >= 0.6 is 11.6 Å². The number of aliphatic imine (C=N–C) groups is 1. The van der Waals surface area contributed by atoms with Crippen LogP contribution in [0.3, 0.4) is 0 Å². The Kier molecular flexibility index (Phi) is 3.01. The average Bonchev–Trinajstić information content (AvgIpc) is 1.82. The fourth-order valence-electron chi connectivity index (χ4n) is 0.350. The zero-order valence-corrected chi connectivity index (χ0v) is 6.26. The molecule has 0 atom stereocenters. The zero-order chi connectivity index (χ0) is 10.9. The van der Waals surface area contributed by atoms with Crippen LogP contribution < -0.4 is 0 Å². The molecule has 0 amide bonds. The monoisotopic (exact) mass is 227 g/mol. The van der Waals surface area contributed by atoms with Gasteiger partial charge in [-0.1, -0.05) is 11.6 Å². The van der Waals surface area contributed by atoms with Crippen molar-refractivity contribution in [2.75, 3.05) is 0 Å². The molecular weight excluding hydrogens is 227 g/mol. The molecule has 0 aromatic heterocycles. The van der Waals surface area contributed by atoms with Crippen LogP contribution in [0.2, 0.25) is 0 Å². The smallest absolute Gasteiger partial charge is 0.211 e. The largest absolute Gasteiger partial charge is 0.437 e. The maximum absolute atomic E-state index is 11.7. The molecule has 2 nitrogen and oxygen atoms in total. The molecule has 0 heterocycles. The second kappa shape index (κ2) is 3.19. The van der Waals surface area contributed by atoms with Crippen molar-refractivity contribution in [3.05, 3.63) is 0 Å². The normalized spacial score (nSPS) is 13.8. The Morgan fingerprint density at radius 1 is 1.00 bits per heavy atom. The summed E-state index contributed by atoms with van der Waals surface area (Å²) in [7, 11) is 0. The summed E-state index contributed by atoms with van der Waals surface area (Å²) in [5.74, 6) is 0. The molecule has 0 aliphatic carbocycles. The van der Waals surface area contributed by atoms with Gasteiger partial charge in [-0.15, -0.1) is 0 Å². The Balaban J connectivity index is 5.33. The lowest BCUT2D eigenvalue weighted by Gasteiger charge is -2.25. The minimum Gasteiger partial charge on any atom is -0.211 e. The summed E-state index contributed by atoms with van der Waals surface area (Å²) in [5, 5.41) is 0. The van der Waals surface area contributed by atoms with Crippen molar-refractivity contribution in [2.45, 2.75) is 17.4 Å². The number of rotatable bonds is 1. The van der Waals surface area contributed by atoms with Gasteiger partial charge in [-0.25, -0.2) is 4.79 Å². The zero-order valence-electron chi connectivity index (χ0n) is 5.50. The van der Waals surface area contributed by atoms with E-state index in [4.69, 9.17) is 0 Å². The third-order valence-corrected chi connectivity index (χ3v) is 1.46. The molecule has 0 spiro atoms. The first-order valence-corrected chi connectivity index (χ1v) is 2.85. The van der Waals surface area contributed by atoms with Crippen molar-refractivity contribution in [3.63, 3.8) is 0 Å². The summed E-state index contributed by atoms with van der Waals surface area (Å²) < 4.78 is 70.0. The van der Waals surface area contributed by atoms with Crippen molar-refractivity contribution < 1.29 is 31.1 Å². The lowest BCUT2D eigenvalue weighted by Crippen LogP contribution is -2.50. The second-order valence-electron chi connectivity index (χ2n) is 1.82. The van der Waals surface area contributed by atoms with Crippen LogP contribution in [-0.4, -0.2) is 23.4 Å². The van der Waals surface area contributed by atoms with Gasteiger partial charge in [0, 0.05) is 0 Å². The SMILES string of the molecule is O=C=NC(Cl)(C(F)(F)F)C(F)(F)F. The van der Waals surface area contributed by atoms with Gasteiger partial charge in [0.05, 0.1) is 0 Å². The van der Waals surface area contributed by atoms with Gasteiger partial charge in [-0.05, 0) is 0 Å². The van der Waals surface area contributed by atoms with E-state index in [1.54, 1.807) is 0 Å². The summed E-state index contributed by atoms with van der Waals surface area (Å²) in [5.41, 5.74) is 0. The highest BCUT2D eigenvalue weighted by Gasteiger charge is 2.71. The van der Waals surface area contributed by atoms with E-state index in [-0.39, 0.29) is 6.08 Å². The van der Waals surface area contributed by atoms with Gasteiger partial charge >= 0.3 is 17.4 Å². The third kappa shape index (κ3) is 2.13. The molecule has 0 fully saturated rings. The molecule has 76 valence electrons. The van der Waals surface area contributed by atoms with Crippen LogP contribution in [0.5, 0.6) is 0 Å². The number of isocyanates is 1. The van der Waals surface area contributed by atoms with Crippen molar-refractivity contribution >= 4 is 17.7 Å². The number of hydrogen-bond acceptors (Lipinski definition) is 2. The quantitative estimate of drug-likeness (QED) is 0.222. The van der Waals surface area contributed by atoms with E-state index in [1.165, 1.54) is 4.99 Å². The van der Waals surface area contributed by atoms with Gasteiger partial charge in [-0.2, -0.15) is 31.3 Å². The number of halogens is 7. The Morgan fingerprint density at radius 2 is 1.31 bits per heavy atom. The van der Waals surface area contributed by atoms with Gasteiger partial charge in [0.25, 0.3) is 0 Å². The molecule has 13 heavy (non-hydrogen) atoms. The van der Waals surface area contributed by atoms with Gasteiger partial charge in [0.1, 0.15) is 0 Å². The Morgan fingerprint density at radius 3 is 1.38 bits per heavy atom. The fraction of sp³-hybridized carbons (Fsp3) is 0.750. The molecule has 0 unspecified atom stereocenters. The average molecular weight is 227 g/mol. The van der Waals surface area contributed by atoms with Crippen LogP contribution in [0.15, 0.2) is 4.99 Å². The molecule has 0 bridgehead atoms. The maximum atomic E-state index is 11.7. The van der Waals surface area contributed by atoms with E-state index in [1.807, 2.05) is 0 Å². The Bertz CT molecular complexity index is 224. The minimum atomic E-state index is -5.90. The van der Waals surface area contributed by atoms with Crippen LogP contribution in [0.25, 0.3) is 0 Å². The standard InChI is InChI=1S/C4ClF6NO/c5-2(12-1-13,3(6,7)8)4(9,10)11. The predicted octanol–water partition coefficient (Wildman–Crippen LogP) is 2.38. The summed E-state index contributed by atoms with van der Waals surface area (Å²) in [6.45, 7) is 0. The van der Waals surface area contributed by atoms with E-state index in [2.05, 4.69) is 11.6 Å². The number of nitrogens with zero attached hydrogens (tertiary/aromatic N) is 1. The van der Waals surface area contributed by atoms with Gasteiger partial charge in [0.15, 0.2) is 0 Å². The van der Waals surface area contributed by atoms with Crippen molar-refractivity contribution in [1.29, 1.82) is 0 Å². The first kappa shape index (κ1) is 12.2. The van der Waals surface area contributed by atoms with Crippen molar-refractivity contribution in [1.82, 2.24) is 0 Å². The topological polar surface area (TPSA) is 29.4 Å². The molecule has 0 aliphatic rings. The highest BCUT2D eigenvalue weighted by molar-refractivity contribution is 6.25. The van der Waals surface area contributed by atoms with E-state index in [0.29, 0.717) is 0 Å². The highest BCUT2D eigenvalue weighted by Crippen LogP contribution is 2.48. The fourth-order valence-corrected chi connectivity index (χ4v) is 0.385. The Labute approximate surface area is 72.2 Å². The molecule has 0 aromatic rings. The van der Waals surface area contributed by atoms with Crippen LogP contribution in [0, 0.1) is 0 Å². The number of carbonyl (C=O) groups excluding carboxylic acids is 1. The maximum Gasteiger partial charge on any atom is 0.437 e. The summed E-state index contributed by atoms with van der Waals surface area (Å²) >= 11 is 4.11. The second-order valence-corrected chi connectivity index (χ2v) is 2.37. The molecule has 0 radical (unpaired) electrons. The molecule has 0 aliphatic heterocycles. The van der Waals surface area contributed by atoms with E-state index in [0.717, 1.165) is 0 Å². The van der Waals surface area contributed by atoms with Gasteiger partial charge in [-0.3, -0.25) is 0 Å². The first-order valence-electron chi connectivity index (χ1n) is 2.47. The molecule has 0 rings (SSSR count). The van der Waals surface area contributed by atoms with E-state index in [9.17, 15) is 31.1 Å². The number of alkyl halides is 7. The molecular formula is C4ClF6NO. The molecule has 0 N–H and O–H groups in total. The minimum absolute atomic E-state index is 0.124. The van der Waals surface area contributed by atoms with E-state index >= 15 is 0 Å². The molecule has 9 heteroatoms. The lowest BCUT2D eigenvalue weighted by atomic mass is 10.3. The van der Waals surface area contributed by atoms with Gasteiger partial charge < -0.3 is 0 Å². The predicted molar refractivity (Wildman–Crippen MR) is 28.8 cm³/mol. The van der Waals surface area contributed by atoms with Crippen molar-refractivity contribution in [2.24, 2.45) is 4.99 Å². The molecule has 0 saturated carbocycles. The number of hydrogen-bond donors (Lipinski definition) is 0. The molecule has 0 saturated heterocycles. The van der Waals surface area contributed by atoms with Crippen LogP contribution in [0.4, 0.5) is 26.3 Å². The molecule has 0 aromatic carbocycles. The third-order valence-electron chi connectivity index (χ3n) is 0.951. The van der Waals surface area contributed by atoms with E-state index < -0.39 is 17.4 Å². The van der Waals surface area contributed by atoms with Crippen LogP contribution in [0.1, 0.15) is 0 Å². The van der Waals surface area contributed by atoms with Crippen LogP contribution in [-0.2, 0) is 4.79 Å². The summed E-state index contributed by atoms with van der Waals surface area (Å²) in [6, 6.07) is 0. The van der Waals surface area contributed by atoms with Gasteiger partial charge in [0.2, 0.25) is 6.08 Å². The Hall–Kier alpha value is -0.750. The lowest BCUT2D eigenvalue weighted by molar-refractivity contribution is -0.265.